The van der Waals surface area contributed by atoms with Crippen LogP contribution in [0.2, 0.25) is 36.3 Å². The first-order valence-corrected chi connectivity index (χ1v) is 34.0. The number of carbonyl (C=O) groups excluding carboxylic acids is 1. The lowest BCUT2D eigenvalue weighted by Crippen LogP contribution is -2.54. The van der Waals surface area contributed by atoms with Gasteiger partial charge in [-0.25, -0.2) is 4.79 Å². The van der Waals surface area contributed by atoms with Gasteiger partial charge in [-0.2, -0.15) is 0 Å². The van der Waals surface area contributed by atoms with Gasteiger partial charge in [0.2, 0.25) is 0 Å². The van der Waals surface area contributed by atoms with Crippen LogP contribution in [-0.2, 0) is 64.8 Å². The van der Waals surface area contributed by atoms with Gasteiger partial charge in [0.1, 0.15) is 12.5 Å². The molecule has 3 heterocycles. The maximum atomic E-state index is 12.9. The molecule has 15 heteroatoms. The van der Waals surface area contributed by atoms with Crippen LogP contribution in [-0.4, -0.2) is 123 Å². The third-order valence-electron chi connectivity index (χ3n) is 16.9. The Bertz CT molecular complexity index is 2180. The number of aliphatic hydroxyl groups is 1. The topological polar surface area (TPSA) is 139 Å². The zero-order chi connectivity index (χ0) is 56.8. The fourth-order valence-corrected chi connectivity index (χ4v) is 12.9. The van der Waals surface area contributed by atoms with Crippen LogP contribution in [0.15, 0.2) is 90.6 Å². The van der Waals surface area contributed by atoms with Crippen molar-refractivity contribution in [2.75, 3.05) is 34.7 Å². The SMILES string of the molecule is C=C1C[C@@H](C[C@H]2C[C@@H](O[Si](C)(C)C(C)(C)C)C[C@@H](C[C@H](CCO)OCc3ccc(OC)cc3)O2)O[C@@H](/C=C/C(C)(C)[C@]2(OC)C/C(=C\C(=O)OC)C[C@@H](C[C@@H](O[Si](C)(C)C(C)(C)C)[C@@H](C)OCOCc3ccccc3)O2)C1. The highest BCUT2D eigenvalue weighted by molar-refractivity contribution is 6.74. The van der Waals surface area contributed by atoms with E-state index in [0.29, 0.717) is 58.2 Å². The Labute approximate surface area is 466 Å². The lowest BCUT2D eigenvalue weighted by atomic mass is 9.75. The molecule has 0 unspecified atom stereocenters. The number of ether oxygens (including phenoxy) is 9. The zero-order valence-corrected chi connectivity index (χ0v) is 52.1. The van der Waals surface area contributed by atoms with Gasteiger partial charge >= 0.3 is 5.97 Å². The molecule has 3 aliphatic heterocycles. The fraction of sp³-hybridized carbons (Fsp3) is 0.694. The molecule has 0 bridgehead atoms. The van der Waals surface area contributed by atoms with Crippen LogP contribution in [0.3, 0.4) is 0 Å². The largest absolute Gasteiger partial charge is 0.497 e. The third kappa shape index (κ3) is 19.3. The summed E-state index contributed by atoms with van der Waals surface area (Å²) < 4.78 is 71.4. The minimum atomic E-state index is -2.31. The minimum absolute atomic E-state index is 0.0190. The van der Waals surface area contributed by atoms with Crippen LogP contribution in [0, 0.1) is 5.41 Å². The molecular formula is C62H100O13Si2. The average molecular weight is 1110 g/mol. The number of carbonyl (C=O) groups is 1. The summed E-state index contributed by atoms with van der Waals surface area (Å²) in [5.41, 5.74) is 3.39. The van der Waals surface area contributed by atoms with Crippen LogP contribution >= 0.6 is 0 Å². The van der Waals surface area contributed by atoms with Crippen molar-refractivity contribution in [3.8, 4) is 5.75 Å². The number of aliphatic hydroxyl groups excluding tert-OH is 1. The van der Waals surface area contributed by atoms with Crippen molar-refractivity contribution in [3.05, 3.63) is 102 Å². The Hall–Kier alpha value is -3.04. The van der Waals surface area contributed by atoms with Crippen molar-refractivity contribution in [2.45, 2.75) is 237 Å². The lowest BCUT2D eigenvalue weighted by molar-refractivity contribution is -0.302. The van der Waals surface area contributed by atoms with Crippen molar-refractivity contribution in [3.63, 3.8) is 0 Å². The van der Waals surface area contributed by atoms with Crippen molar-refractivity contribution >= 4 is 22.6 Å². The molecule has 3 aliphatic rings. The number of methoxy groups -OCH3 is 3. The van der Waals surface area contributed by atoms with E-state index in [2.05, 4.69) is 100 Å². The molecule has 10 atom stereocenters. The fourth-order valence-electron chi connectivity index (χ4n) is 10.1. The summed E-state index contributed by atoms with van der Waals surface area (Å²) in [7, 11) is 0.309. The smallest absolute Gasteiger partial charge is 0.330 e. The van der Waals surface area contributed by atoms with Crippen LogP contribution in [0.1, 0.15) is 138 Å². The zero-order valence-electron chi connectivity index (χ0n) is 50.1. The first-order chi connectivity index (χ1) is 36.1. The van der Waals surface area contributed by atoms with Crippen molar-refractivity contribution in [1.29, 1.82) is 0 Å². The Morgan fingerprint density at radius 2 is 1.47 bits per heavy atom. The standard InChI is InChI=1S/C62H100O13Si2/c1-44-31-51(71-52(32-44)36-54-38-56(74-76(14,15)59(3,4)5)37-53(72-54)35-50(28-30-63)69-42-47-23-25-49(65-11)26-24-47)27-29-61(9,10)62(67-13)40-48(34-58(64)66-12)33-55(73-62)39-57(75-77(16,17)60(6,7)8)45(2)70-43-68-41-46-21-19-18-20-22-46/h18-27,29,34,45,50-57,63H,1,28,30-33,35-43H2,2-17H3/b29-27+,48-34-/t45-,50+,51+,52+,53-,54+,55+,56+,57-,62+/m1/s1. The van der Waals surface area contributed by atoms with Gasteiger partial charge in [0, 0.05) is 50.6 Å². The Morgan fingerprint density at radius 1 is 0.805 bits per heavy atom. The molecule has 0 aliphatic carbocycles. The summed E-state index contributed by atoms with van der Waals surface area (Å²) in [4.78, 5) is 12.9. The molecule has 2 aromatic carbocycles. The van der Waals surface area contributed by atoms with Gasteiger partial charge in [0.05, 0.1) is 76.3 Å². The van der Waals surface area contributed by atoms with E-state index in [1.165, 1.54) is 7.11 Å². The summed E-state index contributed by atoms with van der Waals surface area (Å²) >= 11 is 0. The predicted octanol–water partition coefficient (Wildman–Crippen LogP) is 13.3. The first-order valence-electron chi connectivity index (χ1n) is 28.2. The second-order valence-electron chi connectivity index (χ2n) is 25.5. The summed E-state index contributed by atoms with van der Waals surface area (Å²) in [6.45, 7) is 34.5. The summed E-state index contributed by atoms with van der Waals surface area (Å²) in [5, 5.41) is 10.1. The van der Waals surface area contributed by atoms with Crippen LogP contribution < -0.4 is 4.74 Å². The van der Waals surface area contributed by atoms with Gasteiger partial charge in [-0.05, 0) is 111 Å². The Balaban J connectivity index is 1.33. The minimum Gasteiger partial charge on any atom is -0.497 e. The van der Waals surface area contributed by atoms with Crippen LogP contribution in [0.25, 0.3) is 0 Å². The van der Waals surface area contributed by atoms with Crippen molar-refractivity contribution in [2.24, 2.45) is 5.41 Å². The van der Waals surface area contributed by atoms with E-state index >= 15 is 0 Å². The van der Waals surface area contributed by atoms with E-state index < -0.39 is 39.9 Å². The van der Waals surface area contributed by atoms with E-state index in [4.69, 9.17) is 51.5 Å². The molecule has 0 saturated carbocycles. The first kappa shape index (κ1) is 64.8. The predicted molar refractivity (Wildman–Crippen MR) is 310 cm³/mol. The Morgan fingerprint density at radius 3 is 2.09 bits per heavy atom. The van der Waals surface area contributed by atoms with E-state index in [0.717, 1.165) is 47.3 Å². The maximum absolute atomic E-state index is 12.9. The summed E-state index contributed by atoms with van der Waals surface area (Å²) in [5.74, 6) is -0.793. The van der Waals surface area contributed by atoms with Crippen molar-refractivity contribution < 1.29 is 61.4 Å². The highest BCUT2D eigenvalue weighted by Gasteiger charge is 2.52. The number of benzene rings is 2. The number of esters is 1. The Kier molecular flexibility index (Phi) is 24.1. The van der Waals surface area contributed by atoms with Gasteiger partial charge < -0.3 is 56.6 Å². The van der Waals surface area contributed by atoms with E-state index in [1.54, 1.807) is 20.3 Å². The van der Waals surface area contributed by atoms with Gasteiger partial charge in [-0.1, -0.05) is 128 Å². The lowest BCUT2D eigenvalue weighted by Gasteiger charge is -2.50. The quantitative estimate of drug-likeness (QED) is 0.0227. The molecule has 0 radical (unpaired) electrons. The highest BCUT2D eigenvalue weighted by atomic mass is 28.4. The summed E-state index contributed by atoms with van der Waals surface area (Å²) in [6.07, 6.45) is 10.1. The third-order valence-corrected chi connectivity index (χ3v) is 25.9. The van der Waals surface area contributed by atoms with E-state index in [1.807, 2.05) is 61.5 Å². The molecule has 5 rings (SSSR count). The molecule has 0 aromatic heterocycles. The second kappa shape index (κ2) is 28.6. The average Bonchev–Trinajstić information content (AvgIpc) is 3.35. The molecule has 434 valence electrons. The van der Waals surface area contributed by atoms with Gasteiger partial charge in [0.25, 0.3) is 0 Å². The van der Waals surface area contributed by atoms with Crippen LogP contribution in [0.5, 0.6) is 5.75 Å². The molecule has 13 nitrogen and oxygen atoms in total. The maximum Gasteiger partial charge on any atom is 0.330 e. The highest BCUT2D eigenvalue weighted by Crippen LogP contribution is 2.48. The number of hydrogen-bond donors (Lipinski definition) is 1. The molecule has 3 fully saturated rings. The van der Waals surface area contributed by atoms with Gasteiger partial charge in [-0.3, -0.25) is 0 Å². The molecule has 3 saturated heterocycles. The molecule has 2 aromatic rings. The second-order valence-corrected chi connectivity index (χ2v) is 35.0. The summed E-state index contributed by atoms with van der Waals surface area (Å²) in [6, 6.07) is 17.9. The van der Waals surface area contributed by atoms with Crippen LogP contribution in [0.4, 0.5) is 0 Å². The van der Waals surface area contributed by atoms with Gasteiger partial charge in [0.15, 0.2) is 22.4 Å². The van der Waals surface area contributed by atoms with E-state index in [9.17, 15) is 9.90 Å². The normalized spacial score (nSPS) is 25.9. The van der Waals surface area contributed by atoms with Gasteiger partial charge in [-0.15, -0.1) is 0 Å². The molecule has 0 spiro atoms. The van der Waals surface area contributed by atoms with E-state index in [-0.39, 0.29) is 72.3 Å². The number of hydrogen-bond acceptors (Lipinski definition) is 13. The molecule has 77 heavy (non-hydrogen) atoms. The monoisotopic (exact) mass is 1110 g/mol. The molecular weight excluding hydrogens is 1010 g/mol. The molecule has 1 N–H and O–H groups in total. The number of rotatable bonds is 27. The van der Waals surface area contributed by atoms with Crippen molar-refractivity contribution in [1.82, 2.24) is 0 Å². The molecule has 0 amide bonds.